The second-order valence-corrected chi connectivity index (χ2v) is 4.90. The molecular formula is C12H20N4O. The molecule has 1 fully saturated rings. The maximum absolute atomic E-state index is 5.69. The molecule has 1 unspecified atom stereocenters. The molecule has 17 heavy (non-hydrogen) atoms. The summed E-state index contributed by atoms with van der Waals surface area (Å²) in [6.07, 6.45) is 2.19. The number of rotatable bonds is 2. The maximum atomic E-state index is 5.69. The number of anilines is 2. The summed E-state index contributed by atoms with van der Waals surface area (Å²) in [4.78, 5) is 10.6. The minimum Gasteiger partial charge on any atom is -0.377 e. The summed E-state index contributed by atoms with van der Waals surface area (Å²) in [6, 6.07) is 1.97. The standard InChI is InChI=1S/C12H20N4O/c1-9-7-10(15-11(13)14-9)16-6-4-5-12(2,8-16)17-3/h7H,4-6,8H2,1-3H3,(H2,13,14,15). The zero-order valence-corrected chi connectivity index (χ0v) is 10.7. The van der Waals surface area contributed by atoms with Crippen LogP contribution >= 0.6 is 0 Å². The molecule has 5 nitrogen and oxygen atoms in total. The first-order valence-corrected chi connectivity index (χ1v) is 5.94. The maximum Gasteiger partial charge on any atom is 0.222 e. The van der Waals surface area contributed by atoms with Gasteiger partial charge in [-0.15, -0.1) is 0 Å². The first-order chi connectivity index (χ1) is 8.02. The summed E-state index contributed by atoms with van der Waals surface area (Å²) in [6.45, 7) is 5.91. The third kappa shape index (κ3) is 2.66. The van der Waals surface area contributed by atoms with Gasteiger partial charge >= 0.3 is 0 Å². The average molecular weight is 236 g/mol. The van der Waals surface area contributed by atoms with Gasteiger partial charge in [0.25, 0.3) is 0 Å². The molecule has 2 rings (SSSR count). The van der Waals surface area contributed by atoms with Crippen LogP contribution < -0.4 is 10.6 Å². The number of aromatic nitrogens is 2. The normalized spacial score (nSPS) is 25.0. The number of nitrogens with two attached hydrogens (primary N) is 1. The number of ether oxygens (including phenoxy) is 1. The monoisotopic (exact) mass is 236 g/mol. The molecule has 5 heteroatoms. The Morgan fingerprint density at radius 3 is 2.88 bits per heavy atom. The van der Waals surface area contributed by atoms with Gasteiger partial charge in [0.2, 0.25) is 5.95 Å². The van der Waals surface area contributed by atoms with Crippen molar-refractivity contribution in [3.05, 3.63) is 11.8 Å². The smallest absolute Gasteiger partial charge is 0.222 e. The number of nitrogens with zero attached hydrogens (tertiary/aromatic N) is 3. The Labute approximate surface area is 102 Å². The molecule has 2 heterocycles. The molecule has 1 aromatic heterocycles. The number of piperidine rings is 1. The Morgan fingerprint density at radius 1 is 1.47 bits per heavy atom. The van der Waals surface area contributed by atoms with E-state index in [0.717, 1.165) is 37.4 Å². The summed E-state index contributed by atoms with van der Waals surface area (Å²) < 4.78 is 5.57. The highest BCUT2D eigenvalue weighted by molar-refractivity contribution is 5.44. The average Bonchev–Trinajstić information content (AvgIpc) is 2.28. The van der Waals surface area contributed by atoms with Crippen molar-refractivity contribution in [1.29, 1.82) is 0 Å². The Hall–Kier alpha value is -1.36. The molecule has 1 aliphatic rings. The van der Waals surface area contributed by atoms with Gasteiger partial charge in [-0.2, -0.15) is 4.98 Å². The van der Waals surface area contributed by atoms with Crippen molar-refractivity contribution in [3.8, 4) is 0 Å². The lowest BCUT2D eigenvalue weighted by Crippen LogP contribution is -2.47. The molecule has 0 radical (unpaired) electrons. The van der Waals surface area contributed by atoms with E-state index in [9.17, 15) is 0 Å². The third-order valence-corrected chi connectivity index (χ3v) is 3.33. The van der Waals surface area contributed by atoms with E-state index in [4.69, 9.17) is 10.5 Å². The Morgan fingerprint density at radius 2 is 2.24 bits per heavy atom. The van der Waals surface area contributed by atoms with E-state index in [1.165, 1.54) is 0 Å². The fourth-order valence-electron chi connectivity index (χ4n) is 2.30. The number of methoxy groups -OCH3 is 1. The molecule has 0 aromatic carbocycles. The highest BCUT2D eigenvalue weighted by Crippen LogP contribution is 2.27. The molecule has 0 aliphatic carbocycles. The number of hydrogen-bond acceptors (Lipinski definition) is 5. The molecular weight excluding hydrogens is 216 g/mol. The molecule has 0 bridgehead atoms. The van der Waals surface area contributed by atoms with Crippen LogP contribution in [0.5, 0.6) is 0 Å². The fraction of sp³-hybridized carbons (Fsp3) is 0.667. The van der Waals surface area contributed by atoms with Crippen LogP contribution in [0.1, 0.15) is 25.5 Å². The van der Waals surface area contributed by atoms with Crippen molar-refractivity contribution in [2.24, 2.45) is 0 Å². The molecule has 0 saturated carbocycles. The van der Waals surface area contributed by atoms with Gasteiger partial charge in [0.1, 0.15) is 5.82 Å². The molecule has 1 aromatic rings. The minimum atomic E-state index is -0.0914. The summed E-state index contributed by atoms with van der Waals surface area (Å²) in [5.41, 5.74) is 6.49. The van der Waals surface area contributed by atoms with Gasteiger partial charge in [-0.1, -0.05) is 0 Å². The zero-order valence-electron chi connectivity index (χ0n) is 10.7. The molecule has 0 amide bonds. The van der Waals surface area contributed by atoms with Gasteiger partial charge in [0.05, 0.1) is 5.60 Å². The third-order valence-electron chi connectivity index (χ3n) is 3.33. The first-order valence-electron chi connectivity index (χ1n) is 5.94. The second kappa shape index (κ2) is 4.49. The van der Waals surface area contributed by atoms with E-state index >= 15 is 0 Å². The van der Waals surface area contributed by atoms with Crippen LogP contribution in [0.2, 0.25) is 0 Å². The van der Waals surface area contributed by atoms with Gasteiger partial charge in [0.15, 0.2) is 0 Å². The topological polar surface area (TPSA) is 64.3 Å². The van der Waals surface area contributed by atoms with Gasteiger partial charge in [-0.05, 0) is 26.7 Å². The first kappa shape index (κ1) is 12.1. The lowest BCUT2D eigenvalue weighted by Gasteiger charge is -2.40. The summed E-state index contributed by atoms with van der Waals surface area (Å²) in [5.74, 6) is 1.24. The molecule has 1 saturated heterocycles. The lowest BCUT2D eigenvalue weighted by molar-refractivity contribution is -0.00481. The van der Waals surface area contributed by atoms with E-state index in [1.807, 2.05) is 13.0 Å². The van der Waals surface area contributed by atoms with Crippen LogP contribution in [0.4, 0.5) is 11.8 Å². The fourth-order valence-corrected chi connectivity index (χ4v) is 2.30. The Balaban J connectivity index is 2.21. The second-order valence-electron chi connectivity index (χ2n) is 4.90. The van der Waals surface area contributed by atoms with Crippen LogP contribution in [0.25, 0.3) is 0 Å². The largest absolute Gasteiger partial charge is 0.377 e. The molecule has 1 aliphatic heterocycles. The SMILES string of the molecule is COC1(C)CCCN(c2cc(C)nc(N)n2)C1. The number of nitrogen functional groups attached to an aromatic ring is 1. The van der Waals surface area contributed by atoms with E-state index < -0.39 is 0 Å². The summed E-state index contributed by atoms with van der Waals surface area (Å²) in [7, 11) is 1.77. The van der Waals surface area contributed by atoms with Crippen LogP contribution in [-0.2, 0) is 4.74 Å². The summed E-state index contributed by atoms with van der Waals surface area (Å²) >= 11 is 0. The van der Waals surface area contributed by atoms with E-state index in [-0.39, 0.29) is 5.60 Å². The van der Waals surface area contributed by atoms with Crippen LogP contribution in [0, 0.1) is 6.92 Å². The van der Waals surface area contributed by atoms with Crippen LogP contribution in [0.3, 0.4) is 0 Å². The minimum absolute atomic E-state index is 0.0914. The van der Waals surface area contributed by atoms with Gasteiger partial charge in [-0.3, -0.25) is 0 Å². The number of hydrogen-bond donors (Lipinski definition) is 1. The van der Waals surface area contributed by atoms with Crippen LogP contribution in [-0.4, -0.2) is 35.8 Å². The lowest BCUT2D eigenvalue weighted by atomic mass is 9.95. The zero-order chi connectivity index (χ0) is 12.5. The van der Waals surface area contributed by atoms with E-state index in [1.54, 1.807) is 7.11 Å². The van der Waals surface area contributed by atoms with Crippen molar-refractivity contribution < 1.29 is 4.74 Å². The molecule has 1 atom stereocenters. The number of aryl methyl sites for hydroxylation is 1. The van der Waals surface area contributed by atoms with Crippen LogP contribution in [0.15, 0.2) is 6.07 Å². The van der Waals surface area contributed by atoms with E-state index in [2.05, 4.69) is 21.8 Å². The molecule has 2 N–H and O–H groups in total. The molecule has 94 valence electrons. The van der Waals surface area contributed by atoms with Gasteiger partial charge in [0, 0.05) is 32.0 Å². The Kier molecular flexibility index (Phi) is 3.19. The van der Waals surface area contributed by atoms with Crippen molar-refractivity contribution in [2.45, 2.75) is 32.3 Å². The van der Waals surface area contributed by atoms with Crippen molar-refractivity contribution in [1.82, 2.24) is 9.97 Å². The predicted molar refractivity (Wildman–Crippen MR) is 68.0 cm³/mol. The Bertz CT molecular complexity index is 389. The predicted octanol–water partition coefficient (Wildman–Crippen LogP) is 1.37. The van der Waals surface area contributed by atoms with Gasteiger partial charge < -0.3 is 15.4 Å². The highest BCUT2D eigenvalue weighted by Gasteiger charge is 2.31. The quantitative estimate of drug-likeness (QED) is 0.840. The van der Waals surface area contributed by atoms with Crippen molar-refractivity contribution in [2.75, 3.05) is 30.8 Å². The van der Waals surface area contributed by atoms with Crippen molar-refractivity contribution in [3.63, 3.8) is 0 Å². The van der Waals surface area contributed by atoms with E-state index in [0.29, 0.717) is 5.95 Å². The van der Waals surface area contributed by atoms with Crippen molar-refractivity contribution >= 4 is 11.8 Å². The summed E-state index contributed by atoms with van der Waals surface area (Å²) in [5, 5.41) is 0. The molecule has 0 spiro atoms. The van der Waals surface area contributed by atoms with Gasteiger partial charge in [-0.25, -0.2) is 4.98 Å². The highest BCUT2D eigenvalue weighted by atomic mass is 16.5.